The summed E-state index contributed by atoms with van der Waals surface area (Å²) in [5, 5.41) is 5.48. The van der Waals surface area contributed by atoms with Gasteiger partial charge in [-0.1, -0.05) is 109 Å². The van der Waals surface area contributed by atoms with E-state index in [4.69, 9.17) is 28.8 Å². The molecule has 0 amide bonds. The summed E-state index contributed by atoms with van der Waals surface area (Å²) < 4.78 is 12.8. The smallest absolute Gasteiger partial charge is 0.164 e. The molecule has 4 heterocycles. The Morgan fingerprint density at radius 3 is 1.85 bits per heavy atom. The molecule has 0 aliphatic heterocycles. The summed E-state index contributed by atoms with van der Waals surface area (Å²) in [7, 11) is 0. The highest BCUT2D eigenvalue weighted by Crippen LogP contribution is 2.39. The summed E-state index contributed by atoms with van der Waals surface area (Å²) in [6.45, 7) is 0. The summed E-state index contributed by atoms with van der Waals surface area (Å²) >= 11 is 0. The van der Waals surface area contributed by atoms with E-state index in [0.29, 0.717) is 23.1 Å². The van der Waals surface area contributed by atoms with Crippen LogP contribution in [0.25, 0.3) is 100 Å². The molecule has 0 aliphatic carbocycles. The van der Waals surface area contributed by atoms with Crippen LogP contribution in [0.5, 0.6) is 0 Å². The van der Waals surface area contributed by atoms with Crippen molar-refractivity contribution in [1.29, 1.82) is 0 Å². The zero-order valence-corrected chi connectivity index (χ0v) is 25.5. The van der Waals surface area contributed by atoms with E-state index in [9.17, 15) is 0 Å². The average Bonchev–Trinajstić information content (AvgIpc) is 3.73. The van der Waals surface area contributed by atoms with Gasteiger partial charge in [0.1, 0.15) is 22.3 Å². The summed E-state index contributed by atoms with van der Waals surface area (Å²) in [4.78, 5) is 19.7. The van der Waals surface area contributed by atoms with Gasteiger partial charge in [0.05, 0.1) is 5.39 Å². The maximum absolute atomic E-state index is 6.43. The maximum Gasteiger partial charge on any atom is 0.164 e. The molecule has 0 unspecified atom stereocenters. The lowest BCUT2D eigenvalue weighted by Gasteiger charge is -2.09. The first kappa shape index (κ1) is 26.5. The topological polar surface area (TPSA) is 77.8 Å². The number of furan rings is 2. The second-order valence-electron chi connectivity index (χ2n) is 11.9. The minimum Gasteiger partial charge on any atom is -0.456 e. The molecule has 0 aliphatic rings. The Bertz CT molecular complexity index is 2780. The molecule has 0 spiro atoms. The molecular formula is C42H24N4O2. The van der Waals surface area contributed by atoms with Gasteiger partial charge in [-0.05, 0) is 46.7 Å². The van der Waals surface area contributed by atoms with Crippen molar-refractivity contribution in [2.45, 2.75) is 0 Å². The number of rotatable bonds is 4. The number of fused-ring (bicyclic) bond motifs is 8. The Balaban J connectivity index is 1.12. The Kier molecular flexibility index (Phi) is 5.77. The number of hydrogen-bond donors (Lipinski definition) is 0. The van der Waals surface area contributed by atoms with Crippen LogP contribution in [-0.2, 0) is 0 Å². The Morgan fingerprint density at radius 2 is 1.06 bits per heavy atom. The number of aromatic nitrogens is 4. The van der Waals surface area contributed by atoms with Gasteiger partial charge >= 0.3 is 0 Å². The van der Waals surface area contributed by atoms with Gasteiger partial charge in [-0.25, -0.2) is 15.0 Å². The van der Waals surface area contributed by atoms with Gasteiger partial charge in [0.25, 0.3) is 0 Å². The van der Waals surface area contributed by atoms with Gasteiger partial charge < -0.3 is 8.83 Å². The lowest BCUT2D eigenvalue weighted by Crippen LogP contribution is -2.00. The second-order valence-corrected chi connectivity index (χ2v) is 11.9. The molecular weight excluding hydrogens is 592 g/mol. The third-order valence-electron chi connectivity index (χ3n) is 8.97. The fourth-order valence-electron chi connectivity index (χ4n) is 6.69. The van der Waals surface area contributed by atoms with E-state index in [1.807, 2.05) is 91.1 Å². The molecule has 0 atom stereocenters. The quantitative estimate of drug-likeness (QED) is 0.196. The molecule has 0 fully saturated rings. The van der Waals surface area contributed by atoms with Crippen LogP contribution in [0.1, 0.15) is 0 Å². The average molecular weight is 617 g/mol. The largest absolute Gasteiger partial charge is 0.456 e. The van der Waals surface area contributed by atoms with E-state index in [1.165, 1.54) is 10.8 Å². The lowest BCUT2D eigenvalue weighted by molar-refractivity contribution is 0.667. The zero-order chi connectivity index (χ0) is 31.6. The summed E-state index contributed by atoms with van der Waals surface area (Å²) in [5.41, 5.74) is 8.47. The molecule has 0 radical (unpaired) electrons. The molecule has 0 saturated carbocycles. The normalized spacial score (nSPS) is 11.8. The minimum absolute atomic E-state index is 0.560. The van der Waals surface area contributed by atoms with Gasteiger partial charge in [-0.2, -0.15) is 0 Å². The van der Waals surface area contributed by atoms with E-state index in [2.05, 4.69) is 54.6 Å². The third-order valence-corrected chi connectivity index (χ3v) is 8.97. The monoisotopic (exact) mass is 616 g/mol. The van der Waals surface area contributed by atoms with Crippen molar-refractivity contribution in [1.82, 2.24) is 19.9 Å². The van der Waals surface area contributed by atoms with Gasteiger partial charge in [0, 0.05) is 39.2 Å². The van der Waals surface area contributed by atoms with Crippen molar-refractivity contribution in [2.75, 3.05) is 0 Å². The van der Waals surface area contributed by atoms with E-state index in [-0.39, 0.29) is 0 Å². The number of benzene rings is 6. The van der Waals surface area contributed by atoms with Crippen molar-refractivity contribution in [3.8, 4) is 45.3 Å². The fourth-order valence-corrected chi connectivity index (χ4v) is 6.69. The van der Waals surface area contributed by atoms with E-state index >= 15 is 0 Å². The van der Waals surface area contributed by atoms with E-state index in [0.717, 1.165) is 66.2 Å². The van der Waals surface area contributed by atoms with Crippen molar-refractivity contribution in [2.24, 2.45) is 0 Å². The Labute approximate surface area is 274 Å². The van der Waals surface area contributed by atoms with Crippen LogP contribution in [0.3, 0.4) is 0 Å². The minimum atomic E-state index is 0.560. The molecule has 48 heavy (non-hydrogen) atoms. The van der Waals surface area contributed by atoms with Crippen molar-refractivity contribution < 1.29 is 8.83 Å². The molecule has 0 saturated heterocycles. The molecule has 4 aromatic heterocycles. The second kappa shape index (κ2) is 10.4. The SMILES string of the molecule is c1ccc(-c2nc(-c3ccccc3)nc(-c3cccc4oc5cc(-c6ccc7c(c6)oc6ccc8ccccc8c67)cnc5c34)n2)cc1. The molecule has 224 valence electrons. The highest BCUT2D eigenvalue weighted by atomic mass is 16.3. The molecule has 0 bridgehead atoms. The maximum atomic E-state index is 6.43. The zero-order valence-electron chi connectivity index (χ0n) is 25.5. The standard InChI is InChI=1S/C42H24N4O2/c1-3-11-26(12-4-1)40-44-41(27-13-5-2-6-14-27)46-42(45-40)32-16-9-17-33-38(32)39-36(48-33)23-29(24-43-39)28-18-20-31-35(22-28)47-34-21-19-25-10-7-8-15-30(25)37(31)34/h1-24H. The third kappa shape index (κ3) is 4.20. The summed E-state index contributed by atoms with van der Waals surface area (Å²) in [5.74, 6) is 1.77. The predicted molar refractivity (Wildman–Crippen MR) is 191 cm³/mol. The van der Waals surface area contributed by atoms with Gasteiger partial charge in [-0.3, -0.25) is 4.98 Å². The first-order valence-corrected chi connectivity index (χ1v) is 15.8. The van der Waals surface area contributed by atoms with Crippen molar-refractivity contribution >= 4 is 54.8 Å². The van der Waals surface area contributed by atoms with E-state index in [1.54, 1.807) is 0 Å². The van der Waals surface area contributed by atoms with Crippen molar-refractivity contribution in [3.63, 3.8) is 0 Å². The molecule has 6 aromatic carbocycles. The van der Waals surface area contributed by atoms with Crippen LogP contribution in [0, 0.1) is 0 Å². The molecule has 10 rings (SSSR count). The molecule has 0 N–H and O–H groups in total. The predicted octanol–water partition coefficient (Wildman–Crippen LogP) is 10.9. The number of nitrogens with zero attached hydrogens (tertiary/aromatic N) is 4. The lowest BCUT2D eigenvalue weighted by atomic mass is 10.0. The van der Waals surface area contributed by atoms with Gasteiger partial charge in [0.15, 0.2) is 23.1 Å². The molecule has 6 nitrogen and oxygen atoms in total. The molecule has 6 heteroatoms. The Hall–Kier alpha value is -6.66. The van der Waals surface area contributed by atoms with Gasteiger partial charge in [-0.15, -0.1) is 0 Å². The van der Waals surface area contributed by atoms with Crippen molar-refractivity contribution in [3.05, 3.63) is 146 Å². The van der Waals surface area contributed by atoms with Crippen LogP contribution in [-0.4, -0.2) is 19.9 Å². The number of pyridine rings is 1. The molecule has 10 aromatic rings. The van der Waals surface area contributed by atoms with E-state index < -0.39 is 0 Å². The first-order valence-electron chi connectivity index (χ1n) is 15.8. The van der Waals surface area contributed by atoms with Crippen LogP contribution >= 0.6 is 0 Å². The first-order chi connectivity index (χ1) is 23.8. The fraction of sp³-hybridized carbons (Fsp3) is 0. The van der Waals surface area contributed by atoms with Crippen LogP contribution in [0.2, 0.25) is 0 Å². The highest BCUT2D eigenvalue weighted by Gasteiger charge is 2.19. The number of hydrogen-bond acceptors (Lipinski definition) is 6. The Morgan fingerprint density at radius 1 is 0.396 bits per heavy atom. The van der Waals surface area contributed by atoms with Gasteiger partial charge in [0.2, 0.25) is 0 Å². The van der Waals surface area contributed by atoms with Crippen LogP contribution in [0.4, 0.5) is 0 Å². The summed E-state index contributed by atoms with van der Waals surface area (Å²) in [6, 6.07) is 46.9. The van der Waals surface area contributed by atoms with Crippen LogP contribution in [0.15, 0.2) is 155 Å². The highest BCUT2D eigenvalue weighted by molar-refractivity contribution is 6.19. The van der Waals surface area contributed by atoms with Crippen LogP contribution < -0.4 is 0 Å². The summed E-state index contributed by atoms with van der Waals surface area (Å²) in [6.07, 6.45) is 1.89.